The molecule has 0 aliphatic heterocycles. The Balaban J connectivity index is 2.00. The molecule has 1 N–H and O–H groups in total. The number of aromatic nitrogens is 2. The molecule has 0 spiro atoms. The fourth-order valence-corrected chi connectivity index (χ4v) is 3.50. The number of aromatic amines is 1. The highest BCUT2D eigenvalue weighted by Gasteiger charge is 2.19. The van der Waals surface area contributed by atoms with Crippen LogP contribution < -0.4 is 5.56 Å². The van der Waals surface area contributed by atoms with Crippen molar-refractivity contribution in [1.82, 2.24) is 9.97 Å². The van der Waals surface area contributed by atoms with E-state index < -0.39 is 0 Å². The van der Waals surface area contributed by atoms with Gasteiger partial charge in [0.1, 0.15) is 5.82 Å². The zero-order valence-corrected chi connectivity index (χ0v) is 13.6. The predicted octanol–water partition coefficient (Wildman–Crippen LogP) is 4.52. The van der Waals surface area contributed by atoms with E-state index in [0.29, 0.717) is 22.3 Å². The van der Waals surface area contributed by atoms with Crippen LogP contribution in [-0.2, 0) is 6.42 Å². The summed E-state index contributed by atoms with van der Waals surface area (Å²) >= 11 is 5.96. The van der Waals surface area contributed by atoms with Gasteiger partial charge in [-0.25, -0.2) is 4.98 Å². The molecular formula is C18H21ClN2O. The smallest absolute Gasteiger partial charge is 0.259 e. The Morgan fingerprint density at radius 3 is 2.55 bits per heavy atom. The molecule has 3 nitrogen and oxygen atoms in total. The number of rotatable bonds is 3. The van der Waals surface area contributed by atoms with Crippen molar-refractivity contribution in [1.29, 1.82) is 0 Å². The highest BCUT2D eigenvalue weighted by Crippen LogP contribution is 2.29. The van der Waals surface area contributed by atoms with Crippen molar-refractivity contribution < 1.29 is 0 Å². The Kier molecular flexibility index (Phi) is 4.63. The minimum Gasteiger partial charge on any atom is -0.310 e. The van der Waals surface area contributed by atoms with Crippen molar-refractivity contribution in [3.8, 4) is 11.1 Å². The molecule has 0 atom stereocenters. The molecule has 0 amide bonds. The van der Waals surface area contributed by atoms with Crippen LogP contribution in [0.3, 0.4) is 0 Å². The van der Waals surface area contributed by atoms with E-state index in [4.69, 9.17) is 11.6 Å². The molecule has 1 aliphatic carbocycles. The number of aryl methyl sites for hydroxylation is 1. The molecule has 1 aromatic carbocycles. The van der Waals surface area contributed by atoms with Gasteiger partial charge in [0.25, 0.3) is 5.56 Å². The summed E-state index contributed by atoms with van der Waals surface area (Å²) in [5.41, 5.74) is 2.47. The number of H-pyrrole nitrogens is 1. The van der Waals surface area contributed by atoms with Gasteiger partial charge in [0, 0.05) is 5.02 Å². The summed E-state index contributed by atoms with van der Waals surface area (Å²) in [4.78, 5) is 19.9. The third kappa shape index (κ3) is 3.41. The number of benzene rings is 1. The van der Waals surface area contributed by atoms with Crippen LogP contribution in [-0.4, -0.2) is 9.97 Å². The molecule has 0 bridgehead atoms. The molecule has 1 fully saturated rings. The average molecular weight is 317 g/mol. The van der Waals surface area contributed by atoms with Gasteiger partial charge < -0.3 is 4.98 Å². The highest BCUT2D eigenvalue weighted by molar-refractivity contribution is 6.30. The maximum atomic E-state index is 12.5. The maximum Gasteiger partial charge on any atom is 0.259 e. The van der Waals surface area contributed by atoms with E-state index in [9.17, 15) is 4.79 Å². The van der Waals surface area contributed by atoms with Gasteiger partial charge in [-0.15, -0.1) is 0 Å². The zero-order chi connectivity index (χ0) is 15.5. The lowest BCUT2D eigenvalue weighted by Gasteiger charge is -2.22. The summed E-state index contributed by atoms with van der Waals surface area (Å²) in [6.45, 7) is 1.84. The van der Waals surface area contributed by atoms with Gasteiger partial charge >= 0.3 is 0 Å². The van der Waals surface area contributed by atoms with Gasteiger partial charge in [-0.2, -0.15) is 0 Å². The molecule has 4 heteroatoms. The summed E-state index contributed by atoms with van der Waals surface area (Å²) in [6.07, 6.45) is 7.30. The number of hydrogen-bond donors (Lipinski definition) is 1. The largest absolute Gasteiger partial charge is 0.310 e. The van der Waals surface area contributed by atoms with E-state index in [1.807, 2.05) is 31.2 Å². The molecule has 0 unspecified atom stereocenters. The minimum atomic E-state index is -0.0550. The number of hydrogen-bond acceptors (Lipinski definition) is 2. The molecule has 3 rings (SSSR count). The SMILES string of the molecule is Cc1nc(CC2CCCCC2)c(-c2ccc(Cl)cc2)c(=O)[nH]1. The Hall–Kier alpha value is -1.61. The van der Waals surface area contributed by atoms with E-state index >= 15 is 0 Å². The fraction of sp³-hybridized carbons (Fsp3) is 0.444. The quantitative estimate of drug-likeness (QED) is 0.904. The second-order valence-electron chi connectivity index (χ2n) is 6.19. The average Bonchev–Trinajstić information content (AvgIpc) is 2.49. The summed E-state index contributed by atoms with van der Waals surface area (Å²) in [5, 5.41) is 0.675. The number of nitrogens with one attached hydrogen (secondary N) is 1. The lowest BCUT2D eigenvalue weighted by Crippen LogP contribution is -2.19. The molecule has 116 valence electrons. The van der Waals surface area contributed by atoms with E-state index in [0.717, 1.165) is 17.7 Å². The summed E-state index contributed by atoms with van der Waals surface area (Å²) in [6, 6.07) is 7.43. The number of halogens is 1. The molecule has 22 heavy (non-hydrogen) atoms. The van der Waals surface area contributed by atoms with Gasteiger partial charge in [0.05, 0.1) is 11.3 Å². The molecule has 1 saturated carbocycles. The Bertz CT molecular complexity index is 700. The van der Waals surface area contributed by atoms with Crippen LogP contribution in [0, 0.1) is 12.8 Å². The zero-order valence-electron chi connectivity index (χ0n) is 12.9. The third-order valence-electron chi connectivity index (χ3n) is 4.45. The first-order valence-corrected chi connectivity index (χ1v) is 8.37. The summed E-state index contributed by atoms with van der Waals surface area (Å²) < 4.78 is 0. The van der Waals surface area contributed by atoms with Crippen LogP contribution in [0.25, 0.3) is 11.1 Å². The first-order valence-electron chi connectivity index (χ1n) is 7.99. The van der Waals surface area contributed by atoms with E-state index in [2.05, 4.69) is 9.97 Å². The number of nitrogens with zero attached hydrogens (tertiary/aromatic N) is 1. The van der Waals surface area contributed by atoms with Crippen LogP contribution in [0.4, 0.5) is 0 Å². The van der Waals surface area contributed by atoms with Gasteiger partial charge in [-0.1, -0.05) is 55.8 Å². The first kappa shape index (κ1) is 15.3. The maximum absolute atomic E-state index is 12.5. The minimum absolute atomic E-state index is 0.0550. The van der Waals surface area contributed by atoms with Crippen LogP contribution in [0.2, 0.25) is 5.02 Å². The van der Waals surface area contributed by atoms with Gasteiger partial charge in [0.15, 0.2) is 0 Å². The molecule has 1 heterocycles. The molecule has 1 aromatic heterocycles. The molecule has 1 aliphatic rings. The van der Waals surface area contributed by atoms with Crippen molar-refractivity contribution in [3.63, 3.8) is 0 Å². The monoisotopic (exact) mass is 316 g/mol. The van der Waals surface area contributed by atoms with Crippen LogP contribution in [0.1, 0.15) is 43.6 Å². The topological polar surface area (TPSA) is 45.8 Å². The van der Waals surface area contributed by atoms with Gasteiger partial charge in [-0.05, 0) is 37.0 Å². The van der Waals surface area contributed by atoms with Crippen LogP contribution in [0.15, 0.2) is 29.1 Å². The molecule has 0 saturated heterocycles. The lowest BCUT2D eigenvalue weighted by atomic mass is 9.85. The third-order valence-corrected chi connectivity index (χ3v) is 4.70. The standard InChI is InChI=1S/C18H21ClN2O/c1-12-20-16(11-13-5-3-2-4-6-13)17(18(22)21-12)14-7-9-15(19)10-8-14/h7-10,13H,2-6,11H2,1H3,(H,20,21,22). The fourth-order valence-electron chi connectivity index (χ4n) is 3.37. The second-order valence-corrected chi connectivity index (χ2v) is 6.62. The predicted molar refractivity (Wildman–Crippen MR) is 90.3 cm³/mol. The van der Waals surface area contributed by atoms with Gasteiger partial charge in [0.2, 0.25) is 0 Å². The highest BCUT2D eigenvalue weighted by atomic mass is 35.5. The first-order chi connectivity index (χ1) is 10.6. The van der Waals surface area contributed by atoms with E-state index in [1.165, 1.54) is 32.1 Å². The second kappa shape index (κ2) is 6.66. The Morgan fingerprint density at radius 1 is 1.18 bits per heavy atom. The molecular weight excluding hydrogens is 296 g/mol. The van der Waals surface area contributed by atoms with Crippen LogP contribution >= 0.6 is 11.6 Å². The van der Waals surface area contributed by atoms with Crippen molar-refractivity contribution in [3.05, 3.63) is 51.2 Å². The van der Waals surface area contributed by atoms with E-state index in [-0.39, 0.29) is 5.56 Å². The van der Waals surface area contributed by atoms with E-state index in [1.54, 1.807) is 0 Å². The molecule has 0 radical (unpaired) electrons. The van der Waals surface area contributed by atoms with Crippen molar-refractivity contribution in [2.75, 3.05) is 0 Å². The normalized spacial score (nSPS) is 15.9. The van der Waals surface area contributed by atoms with Crippen molar-refractivity contribution >= 4 is 11.6 Å². The Labute approximate surface area is 135 Å². The van der Waals surface area contributed by atoms with Crippen molar-refractivity contribution in [2.24, 2.45) is 5.92 Å². The van der Waals surface area contributed by atoms with Crippen molar-refractivity contribution in [2.45, 2.75) is 45.4 Å². The lowest BCUT2D eigenvalue weighted by molar-refractivity contribution is 0.354. The van der Waals surface area contributed by atoms with Gasteiger partial charge in [-0.3, -0.25) is 4.79 Å². The molecule has 2 aromatic rings. The van der Waals surface area contributed by atoms with Crippen LogP contribution in [0.5, 0.6) is 0 Å². The Morgan fingerprint density at radius 2 is 1.86 bits per heavy atom. The summed E-state index contributed by atoms with van der Waals surface area (Å²) in [5.74, 6) is 1.34. The summed E-state index contributed by atoms with van der Waals surface area (Å²) in [7, 11) is 0.